The second-order valence-corrected chi connectivity index (χ2v) is 10.7. The first kappa shape index (κ1) is 22.2. The lowest BCUT2D eigenvalue weighted by atomic mass is 10.1. The molecule has 0 aromatic heterocycles. The molecular formula is C22H27FN2O4S. The van der Waals surface area contributed by atoms with Gasteiger partial charge in [0.1, 0.15) is 16.7 Å². The molecule has 1 aliphatic rings. The van der Waals surface area contributed by atoms with Crippen molar-refractivity contribution in [2.75, 3.05) is 6.54 Å². The van der Waals surface area contributed by atoms with Crippen molar-refractivity contribution >= 4 is 15.9 Å². The standard InChI is InChI=1S/C22H27FN2O4S/c1-14-5-11-17(12-6-14)30(27,28)19-18(15-7-9-16(23)10-8-15)22(19,13-24)25-20(26)29-21(2,3)4/h5-12,18-19H,13,24H2,1-4H3,(H,25,26)/t18-,19-,22+/m0/s1. The van der Waals surface area contributed by atoms with Crippen molar-refractivity contribution in [1.82, 2.24) is 5.32 Å². The topological polar surface area (TPSA) is 98.5 Å². The minimum absolute atomic E-state index is 0.121. The lowest BCUT2D eigenvalue weighted by Crippen LogP contribution is -2.49. The molecule has 0 aliphatic heterocycles. The number of aryl methyl sites for hydroxylation is 1. The van der Waals surface area contributed by atoms with Gasteiger partial charge in [0.05, 0.1) is 10.4 Å². The van der Waals surface area contributed by atoms with Gasteiger partial charge in [-0.1, -0.05) is 29.8 Å². The highest BCUT2D eigenvalue weighted by Gasteiger charge is 2.71. The van der Waals surface area contributed by atoms with Crippen LogP contribution in [0.5, 0.6) is 0 Å². The van der Waals surface area contributed by atoms with Crippen molar-refractivity contribution in [1.29, 1.82) is 0 Å². The van der Waals surface area contributed by atoms with Crippen molar-refractivity contribution in [2.45, 2.75) is 54.9 Å². The Balaban J connectivity index is 2.03. The number of ether oxygens (including phenoxy) is 1. The van der Waals surface area contributed by atoms with E-state index in [4.69, 9.17) is 10.5 Å². The van der Waals surface area contributed by atoms with Gasteiger partial charge < -0.3 is 15.8 Å². The zero-order valence-electron chi connectivity index (χ0n) is 17.5. The third-order valence-electron chi connectivity index (χ3n) is 5.24. The Labute approximate surface area is 176 Å². The molecule has 1 amide bonds. The van der Waals surface area contributed by atoms with E-state index < -0.39 is 44.1 Å². The zero-order valence-corrected chi connectivity index (χ0v) is 18.3. The quantitative estimate of drug-likeness (QED) is 0.752. The molecule has 162 valence electrons. The molecule has 30 heavy (non-hydrogen) atoms. The summed E-state index contributed by atoms with van der Waals surface area (Å²) in [5.41, 5.74) is 5.51. The fourth-order valence-corrected chi connectivity index (χ4v) is 6.16. The molecule has 3 N–H and O–H groups in total. The van der Waals surface area contributed by atoms with E-state index in [1.165, 1.54) is 24.3 Å². The summed E-state index contributed by atoms with van der Waals surface area (Å²) in [4.78, 5) is 12.7. The number of sulfone groups is 1. The van der Waals surface area contributed by atoms with Gasteiger partial charge in [0.15, 0.2) is 9.84 Å². The molecule has 6 nitrogen and oxygen atoms in total. The molecule has 0 spiro atoms. The van der Waals surface area contributed by atoms with Crippen LogP contribution < -0.4 is 11.1 Å². The minimum atomic E-state index is -3.84. The second kappa shape index (κ2) is 7.67. The Bertz CT molecular complexity index is 1030. The summed E-state index contributed by atoms with van der Waals surface area (Å²) in [5, 5.41) is 1.71. The molecule has 1 aliphatic carbocycles. The zero-order chi connectivity index (χ0) is 22.3. The first-order valence-electron chi connectivity index (χ1n) is 9.68. The second-order valence-electron chi connectivity index (χ2n) is 8.68. The Kier molecular flexibility index (Phi) is 5.68. The molecule has 2 aromatic rings. The number of hydrogen-bond donors (Lipinski definition) is 2. The number of rotatable bonds is 5. The van der Waals surface area contributed by atoms with Crippen LogP contribution in [0.1, 0.15) is 37.8 Å². The number of nitrogens with one attached hydrogen (secondary N) is 1. The van der Waals surface area contributed by atoms with Gasteiger partial charge in [-0.15, -0.1) is 0 Å². The average Bonchev–Trinajstić information content (AvgIpc) is 3.30. The maximum absolute atomic E-state index is 13.5. The molecule has 1 fully saturated rings. The van der Waals surface area contributed by atoms with Gasteiger partial charge in [-0.25, -0.2) is 17.6 Å². The first-order valence-corrected chi connectivity index (χ1v) is 11.2. The van der Waals surface area contributed by atoms with E-state index >= 15 is 0 Å². The lowest BCUT2D eigenvalue weighted by molar-refractivity contribution is 0.0497. The predicted octanol–water partition coefficient (Wildman–Crippen LogP) is 3.30. The van der Waals surface area contributed by atoms with E-state index in [1.54, 1.807) is 45.0 Å². The Morgan fingerprint density at radius 2 is 1.70 bits per heavy atom. The summed E-state index contributed by atoms with van der Waals surface area (Å²) >= 11 is 0. The minimum Gasteiger partial charge on any atom is -0.444 e. The van der Waals surface area contributed by atoms with E-state index in [2.05, 4.69) is 5.32 Å². The molecule has 8 heteroatoms. The fourth-order valence-electron chi connectivity index (χ4n) is 3.81. The summed E-state index contributed by atoms with van der Waals surface area (Å²) in [5.74, 6) is -1.07. The summed E-state index contributed by atoms with van der Waals surface area (Å²) in [6, 6.07) is 12.1. The van der Waals surface area contributed by atoms with E-state index in [0.29, 0.717) is 5.56 Å². The Morgan fingerprint density at radius 1 is 1.13 bits per heavy atom. The molecule has 0 bridgehead atoms. The third-order valence-corrected chi connectivity index (χ3v) is 7.53. The fraction of sp³-hybridized carbons (Fsp3) is 0.409. The van der Waals surface area contributed by atoms with Crippen LogP contribution in [0.25, 0.3) is 0 Å². The maximum Gasteiger partial charge on any atom is 0.408 e. The molecule has 0 saturated heterocycles. The number of hydrogen-bond acceptors (Lipinski definition) is 5. The van der Waals surface area contributed by atoms with Crippen molar-refractivity contribution in [2.24, 2.45) is 5.73 Å². The van der Waals surface area contributed by atoms with Crippen LogP contribution in [0.3, 0.4) is 0 Å². The normalized spacial score (nSPS) is 23.7. The van der Waals surface area contributed by atoms with Crippen LogP contribution in [0.2, 0.25) is 0 Å². The summed E-state index contributed by atoms with van der Waals surface area (Å²) in [6.07, 6.45) is -0.748. The van der Waals surface area contributed by atoms with Crippen LogP contribution in [0.15, 0.2) is 53.4 Å². The van der Waals surface area contributed by atoms with Gasteiger partial charge in [-0.05, 0) is 57.5 Å². The monoisotopic (exact) mass is 434 g/mol. The Morgan fingerprint density at radius 3 is 2.20 bits per heavy atom. The number of benzene rings is 2. The van der Waals surface area contributed by atoms with Crippen LogP contribution in [0.4, 0.5) is 9.18 Å². The van der Waals surface area contributed by atoms with Crippen LogP contribution >= 0.6 is 0 Å². The van der Waals surface area contributed by atoms with Crippen molar-refractivity contribution in [3.8, 4) is 0 Å². The highest BCUT2D eigenvalue weighted by Crippen LogP contribution is 2.57. The van der Waals surface area contributed by atoms with Gasteiger partial charge in [0, 0.05) is 12.5 Å². The third kappa shape index (κ3) is 4.20. The highest BCUT2D eigenvalue weighted by molar-refractivity contribution is 7.92. The smallest absolute Gasteiger partial charge is 0.408 e. The lowest BCUT2D eigenvalue weighted by Gasteiger charge is -2.24. The van der Waals surface area contributed by atoms with Gasteiger partial charge in [0.25, 0.3) is 0 Å². The van der Waals surface area contributed by atoms with Crippen LogP contribution in [-0.4, -0.2) is 37.4 Å². The van der Waals surface area contributed by atoms with Crippen molar-refractivity contribution < 1.29 is 22.3 Å². The van der Waals surface area contributed by atoms with E-state index in [9.17, 15) is 17.6 Å². The molecule has 3 atom stereocenters. The number of carbonyl (C=O) groups excluding carboxylic acids is 1. The predicted molar refractivity (Wildman–Crippen MR) is 112 cm³/mol. The molecular weight excluding hydrogens is 407 g/mol. The average molecular weight is 435 g/mol. The van der Waals surface area contributed by atoms with Gasteiger partial charge in [0.2, 0.25) is 0 Å². The number of carbonyl (C=O) groups is 1. The summed E-state index contributed by atoms with van der Waals surface area (Å²) in [7, 11) is -3.84. The number of halogens is 1. The maximum atomic E-state index is 13.5. The number of nitrogens with two attached hydrogens (primary N) is 1. The van der Waals surface area contributed by atoms with Crippen molar-refractivity contribution in [3.63, 3.8) is 0 Å². The molecule has 3 rings (SSSR count). The van der Waals surface area contributed by atoms with Gasteiger partial charge in [-0.2, -0.15) is 0 Å². The van der Waals surface area contributed by atoms with E-state index in [0.717, 1.165) is 5.56 Å². The molecule has 0 unspecified atom stereocenters. The molecule has 2 aromatic carbocycles. The first-order chi connectivity index (χ1) is 13.9. The number of amides is 1. The van der Waals surface area contributed by atoms with Gasteiger partial charge >= 0.3 is 6.09 Å². The summed E-state index contributed by atoms with van der Waals surface area (Å²) in [6.45, 7) is 6.89. The van der Waals surface area contributed by atoms with Crippen LogP contribution in [-0.2, 0) is 14.6 Å². The SMILES string of the molecule is Cc1ccc(S(=O)(=O)[C@H]2[C@H](c3ccc(F)cc3)[C@@]2(CN)NC(=O)OC(C)(C)C)cc1. The Hall–Kier alpha value is -2.45. The van der Waals surface area contributed by atoms with Gasteiger partial charge in [-0.3, -0.25) is 0 Å². The van der Waals surface area contributed by atoms with E-state index in [-0.39, 0.29) is 11.4 Å². The summed E-state index contributed by atoms with van der Waals surface area (Å²) < 4.78 is 45.7. The van der Waals surface area contributed by atoms with Crippen LogP contribution in [0, 0.1) is 12.7 Å². The van der Waals surface area contributed by atoms with E-state index in [1.807, 2.05) is 6.92 Å². The largest absolute Gasteiger partial charge is 0.444 e. The van der Waals surface area contributed by atoms with Crippen molar-refractivity contribution in [3.05, 3.63) is 65.5 Å². The molecule has 0 heterocycles. The highest BCUT2D eigenvalue weighted by atomic mass is 32.2. The molecule has 0 radical (unpaired) electrons. The number of alkyl carbamates (subject to hydrolysis) is 1. The molecule has 1 saturated carbocycles.